The van der Waals surface area contributed by atoms with Gasteiger partial charge in [0.05, 0.1) is 26.0 Å². The van der Waals surface area contributed by atoms with Gasteiger partial charge in [0, 0.05) is 16.4 Å². The molecule has 1 aromatic heterocycles. The van der Waals surface area contributed by atoms with Crippen molar-refractivity contribution in [1.29, 1.82) is 0 Å². The molecule has 1 nitrogen and oxygen atoms in total. The van der Waals surface area contributed by atoms with Crippen LogP contribution in [-0.4, -0.2) is 17.8 Å². The van der Waals surface area contributed by atoms with Gasteiger partial charge >= 0.3 is 0 Å². The molecule has 0 saturated heterocycles. The fraction of sp³-hybridized carbons (Fsp3) is 0.182. The molecule has 0 aromatic carbocycles. The Kier molecular flexibility index (Phi) is 4.03. The van der Waals surface area contributed by atoms with Gasteiger partial charge in [-0.05, 0) is 6.07 Å². The van der Waals surface area contributed by atoms with Crippen molar-refractivity contribution in [2.75, 3.05) is 11.5 Å². The summed E-state index contributed by atoms with van der Waals surface area (Å²) in [5, 5.41) is 0. The fourth-order valence-corrected chi connectivity index (χ4v) is 12.0. The largest absolute Gasteiger partial charge is 0.297 e. The lowest BCUT2D eigenvalue weighted by molar-refractivity contribution is 0.112. The van der Waals surface area contributed by atoms with Gasteiger partial charge in [-0.3, -0.25) is 4.79 Å². The van der Waals surface area contributed by atoms with E-state index in [2.05, 4.69) is 0 Å². The van der Waals surface area contributed by atoms with E-state index in [9.17, 15) is 4.79 Å². The highest BCUT2D eigenvalue weighted by Gasteiger charge is 2.31. The maximum absolute atomic E-state index is 10.8. The number of carbonyl (C=O) groups excluding carboxylic acids is 1. The average Bonchev–Trinajstić information content (AvgIpc) is 3.09. The Bertz CT molecular complexity index is 581. The van der Waals surface area contributed by atoms with Crippen molar-refractivity contribution in [3.8, 4) is 0 Å². The van der Waals surface area contributed by atoms with Crippen molar-refractivity contribution in [2.45, 2.75) is 9.10 Å². The van der Waals surface area contributed by atoms with Crippen molar-refractivity contribution >= 4 is 88.2 Å². The Morgan fingerprint density at radius 2 is 1.58 bits per heavy atom. The first kappa shape index (κ1) is 13.6. The second-order valence-electron chi connectivity index (χ2n) is 3.67. The molecule has 3 aliphatic rings. The lowest BCUT2D eigenvalue weighted by Gasteiger charge is -2.08. The molecule has 0 saturated carbocycles. The van der Waals surface area contributed by atoms with E-state index in [1.165, 1.54) is 37.6 Å². The minimum absolute atomic E-state index is 0.837. The minimum Gasteiger partial charge on any atom is -0.297 e. The van der Waals surface area contributed by atoms with E-state index in [0.717, 1.165) is 11.2 Å². The Morgan fingerprint density at radius 3 is 2.21 bits per heavy atom. The second-order valence-corrected chi connectivity index (χ2v) is 12.4. The second kappa shape index (κ2) is 5.62. The summed E-state index contributed by atoms with van der Waals surface area (Å²) in [6.07, 6.45) is 0.948. The van der Waals surface area contributed by atoms with Gasteiger partial charge < -0.3 is 0 Å². The Hall–Kier alpha value is 0.950. The van der Waals surface area contributed by atoms with Gasteiger partial charge in [0.2, 0.25) is 0 Å². The number of hydrogen-bond donors (Lipinski definition) is 0. The monoisotopic (exact) mass is 378 g/mol. The van der Waals surface area contributed by atoms with Crippen molar-refractivity contribution in [3.63, 3.8) is 0 Å². The molecule has 0 radical (unpaired) electrons. The third kappa shape index (κ3) is 2.58. The number of carbonyl (C=O) groups is 1. The summed E-state index contributed by atoms with van der Waals surface area (Å²) in [6.45, 7) is 0. The molecule has 19 heavy (non-hydrogen) atoms. The molecule has 0 aliphatic carbocycles. The molecule has 98 valence electrons. The minimum atomic E-state index is 0.837. The van der Waals surface area contributed by atoms with E-state index in [-0.39, 0.29) is 0 Å². The summed E-state index contributed by atoms with van der Waals surface area (Å²) >= 11 is 13.1. The van der Waals surface area contributed by atoms with Crippen LogP contribution in [-0.2, 0) is 0 Å². The molecule has 0 atom stereocenters. The standard InChI is InChI=1S/C11H6OS7/c12-4-5-3-6-7(15-5)17-10(16-6)11-18-8-9(19-11)14-2-1-13-8/h3-4H,1-2H2. The molecule has 8 heteroatoms. The predicted octanol–water partition coefficient (Wildman–Crippen LogP) is 5.97. The summed E-state index contributed by atoms with van der Waals surface area (Å²) in [5.74, 6) is 2.46. The van der Waals surface area contributed by atoms with Crippen molar-refractivity contribution in [2.24, 2.45) is 0 Å². The zero-order valence-corrected chi connectivity index (χ0v) is 15.1. The summed E-state index contributed by atoms with van der Waals surface area (Å²) in [5.41, 5.74) is 0. The van der Waals surface area contributed by atoms with Crippen LogP contribution in [0.15, 0.2) is 32.1 Å². The van der Waals surface area contributed by atoms with Crippen LogP contribution in [0, 0.1) is 0 Å². The summed E-state index contributed by atoms with van der Waals surface area (Å²) in [4.78, 5) is 12.9. The lowest BCUT2D eigenvalue weighted by atomic mass is 10.5. The molecule has 4 heterocycles. The SMILES string of the molecule is O=Cc1cc2c(s1)SC(=C1SC3=C(SCCS3)S1)S2. The van der Waals surface area contributed by atoms with Crippen LogP contribution in [0.2, 0.25) is 0 Å². The van der Waals surface area contributed by atoms with Crippen molar-refractivity contribution < 1.29 is 4.79 Å². The molecule has 1 aromatic rings. The van der Waals surface area contributed by atoms with Gasteiger partial charge in [0.15, 0.2) is 6.29 Å². The lowest BCUT2D eigenvalue weighted by Crippen LogP contribution is -1.88. The first-order chi connectivity index (χ1) is 9.33. The molecule has 0 amide bonds. The average molecular weight is 379 g/mol. The molecule has 0 spiro atoms. The number of hydrogen-bond acceptors (Lipinski definition) is 8. The Balaban J connectivity index is 1.58. The quantitative estimate of drug-likeness (QED) is 0.553. The molecule has 3 aliphatic heterocycles. The highest BCUT2D eigenvalue weighted by atomic mass is 32.3. The smallest absolute Gasteiger partial charge is 0.160 e. The van der Waals surface area contributed by atoms with Crippen LogP contribution in [0.4, 0.5) is 0 Å². The van der Waals surface area contributed by atoms with Gasteiger partial charge in [-0.1, -0.05) is 47.0 Å². The molecular weight excluding hydrogens is 373 g/mol. The van der Waals surface area contributed by atoms with Gasteiger partial charge in [0.1, 0.15) is 0 Å². The Morgan fingerprint density at radius 1 is 0.895 bits per heavy atom. The number of aldehydes is 1. The summed E-state index contributed by atoms with van der Waals surface area (Å²) in [7, 11) is 0. The first-order valence-corrected chi connectivity index (χ1v) is 11.4. The molecule has 0 unspecified atom stereocenters. The maximum Gasteiger partial charge on any atom is 0.160 e. The van der Waals surface area contributed by atoms with Crippen LogP contribution >= 0.6 is 81.9 Å². The predicted molar refractivity (Wildman–Crippen MR) is 95.6 cm³/mol. The number of thiophene rings is 1. The van der Waals surface area contributed by atoms with E-state index in [1.807, 2.05) is 76.6 Å². The van der Waals surface area contributed by atoms with E-state index >= 15 is 0 Å². The maximum atomic E-state index is 10.8. The van der Waals surface area contributed by atoms with E-state index < -0.39 is 0 Å². The van der Waals surface area contributed by atoms with Gasteiger partial charge in [-0.15, -0.1) is 34.9 Å². The van der Waals surface area contributed by atoms with Gasteiger partial charge in [0.25, 0.3) is 0 Å². The third-order valence-electron chi connectivity index (χ3n) is 2.44. The normalized spacial score (nSPS) is 21.9. The number of thioether (sulfide) groups is 6. The van der Waals surface area contributed by atoms with Gasteiger partial charge in [-0.2, -0.15) is 0 Å². The molecule has 0 N–H and O–H groups in total. The molecule has 0 fully saturated rings. The van der Waals surface area contributed by atoms with E-state index in [0.29, 0.717) is 0 Å². The van der Waals surface area contributed by atoms with Crippen molar-refractivity contribution in [1.82, 2.24) is 0 Å². The van der Waals surface area contributed by atoms with Crippen LogP contribution in [0.3, 0.4) is 0 Å². The van der Waals surface area contributed by atoms with Crippen molar-refractivity contribution in [3.05, 3.63) is 27.9 Å². The Labute approximate surface area is 140 Å². The zero-order chi connectivity index (χ0) is 12.8. The van der Waals surface area contributed by atoms with E-state index in [1.54, 1.807) is 11.3 Å². The fourth-order valence-electron chi connectivity index (χ4n) is 1.66. The summed E-state index contributed by atoms with van der Waals surface area (Å²) in [6, 6.07) is 2.01. The number of rotatable bonds is 1. The molecule has 4 rings (SSSR count). The zero-order valence-electron chi connectivity index (χ0n) is 9.33. The van der Waals surface area contributed by atoms with Crippen LogP contribution in [0.25, 0.3) is 0 Å². The van der Waals surface area contributed by atoms with Crippen LogP contribution < -0.4 is 0 Å². The van der Waals surface area contributed by atoms with Crippen LogP contribution in [0.1, 0.15) is 9.67 Å². The first-order valence-electron chi connectivity index (χ1n) is 5.38. The van der Waals surface area contributed by atoms with Gasteiger partial charge in [-0.25, -0.2) is 0 Å². The molecular formula is C11H6OS7. The molecule has 0 bridgehead atoms. The third-order valence-corrected chi connectivity index (χ3v) is 12.6. The number of fused-ring (bicyclic) bond motifs is 1. The highest BCUT2D eigenvalue weighted by Crippen LogP contribution is 2.65. The topological polar surface area (TPSA) is 17.1 Å². The van der Waals surface area contributed by atoms with E-state index in [4.69, 9.17) is 0 Å². The highest BCUT2D eigenvalue weighted by molar-refractivity contribution is 8.42. The summed E-state index contributed by atoms with van der Waals surface area (Å²) < 4.78 is 7.09. The van der Waals surface area contributed by atoms with Crippen LogP contribution in [0.5, 0.6) is 0 Å².